The van der Waals surface area contributed by atoms with Gasteiger partial charge >= 0.3 is 0 Å². The Labute approximate surface area is 81.5 Å². The normalized spacial score (nSPS) is 22.9. The van der Waals surface area contributed by atoms with Crippen LogP contribution in [0.1, 0.15) is 10.9 Å². The fourth-order valence-corrected chi connectivity index (χ4v) is 2.91. The van der Waals surface area contributed by atoms with E-state index in [0.29, 0.717) is 5.37 Å². The van der Waals surface area contributed by atoms with Crippen molar-refractivity contribution < 1.29 is 5.32 Å². The standard InChI is InChI=1S/C9H10ClNS/c10-8-4-2-1-3-7(8)9-11-5-6-12-9/h1-4,9,11H,5-6H2/p+1/t9-/m1/s1. The summed E-state index contributed by atoms with van der Waals surface area (Å²) in [6.45, 7) is 1.21. The molecule has 0 aliphatic carbocycles. The molecule has 1 aliphatic rings. The molecule has 0 saturated carbocycles. The molecule has 1 fully saturated rings. The molecule has 1 saturated heterocycles. The lowest BCUT2D eigenvalue weighted by molar-refractivity contribution is -0.663. The monoisotopic (exact) mass is 200 g/mol. The van der Waals surface area contributed by atoms with E-state index in [4.69, 9.17) is 11.6 Å². The quantitative estimate of drug-likeness (QED) is 0.730. The summed E-state index contributed by atoms with van der Waals surface area (Å²) in [5.74, 6) is 1.23. The van der Waals surface area contributed by atoms with Crippen LogP contribution in [0.15, 0.2) is 24.3 Å². The molecule has 1 nitrogen and oxygen atoms in total. The molecule has 0 amide bonds. The third-order valence-electron chi connectivity index (χ3n) is 2.01. The van der Waals surface area contributed by atoms with Gasteiger partial charge in [0.25, 0.3) is 0 Å². The first kappa shape index (κ1) is 8.42. The van der Waals surface area contributed by atoms with E-state index in [1.54, 1.807) is 0 Å². The summed E-state index contributed by atoms with van der Waals surface area (Å²) in [6.07, 6.45) is 0. The zero-order chi connectivity index (χ0) is 8.39. The van der Waals surface area contributed by atoms with Gasteiger partial charge in [0.15, 0.2) is 5.37 Å². The first-order chi connectivity index (χ1) is 5.88. The molecule has 1 aromatic carbocycles. The van der Waals surface area contributed by atoms with Gasteiger partial charge in [0.2, 0.25) is 0 Å². The molecule has 3 heteroatoms. The van der Waals surface area contributed by atoms with Gasteiger partial charge in [-0.1, -0.05) is 41.6 Å². The highest BCUT2D eigenvalue weighted by atomic mass is 35.5. The van der Waals surface area contributed by atoms with Crippen LogP contribution >= 0.6 is 23.4 Å². The van der Waals surface area contributed by atoms with Gasteiger partial charge in [0.05, 0.1) is 11.6 Å². The van der Waals surface area contributed by atoms with Gasteiger partial charge in [-0.15, -0.1) is 0 Å². The van der Waals surface area contributed by atoms with Crippen molar-refractivity contribution in [1.29, 1.82) is 0 Å². The van der Waals surface area contributed by atoms with E-state index in [9.17, 15) is 0 Å². The molecule has 64 valence electrons. The third-order valence-corrected chi connectivity index (χ3v) is 3.63. The fourth-order valence-electron chi connectivity index (χ4n) is 1.41. The first-order valence-corrected chi connectivity index (χ1v) is 5.50. The fraction of sp³-hybridized carbons (Fsp3) is 0.333. The van der Waals surface area contributed by atoms with Crippen LogP contribution < -0.4 is 5.32 Å². The average Bonchev–Trinajstić information content (AvgIpc) is 2.57. The Morgan fingerprint density at radius 2 is 2.25 bits per heavy atom. The topological polar surface area (TPSA) is 16.6 Å². The zero-order valence-corrected chi connectivity index (χ0v) is 8.24. The van der Waals surface area contributed by atoms with Gasteiger partial charge in [0.1, 0.15) is 0 Å². The highest BCUT2D eigenvalue weighted by Gasteiger charge is 2.22. The highest BCUT2D eigenvalue weighted by molar-refractivity contribution is 7.99. The summed E-state index contributed by atoms with van der Waals surface area (Å²) in [5, 5.41) is 3.76. The van der Waals surface area contributed by atoms with Gasteiger partial charge < -0.3 is 5.32 Å². The Kier molecular flexibility index (Phi) is 2.59. The van der Waals surface area contributed by atoms with Crippen molar-refractivity contribution in [2.75, 3.05) is 12.3 Å². The average molecular weight is 201 g/mol. The first-order valence-electron chi connectivity index (χ1n) is 4.07. The summed E-state index contributed by atoms with van der Waals surface area (Å²) in [7, 11) is 0. The van der Waals surface area contributed by atoms with Gasteiger partial charge in [-0.25, -0.2) is 0 Å². The third kappa shape index (κ3) is 1.60. The summed E-state index contributed by atoms with van der Waals surface area (Å²) >= 11 is 8.04. The predicted octanol–water partition coefficient (Wildman–Crippen LogP) is 1.65. The number of quaternary nitrogens is 1. The van der Waals surface area contributed by atoms with Crippen LogP contribution in [0.2, 0.25) is 5.02 Å². The smallest absolute Gasteiger partial charge is 0.160 e. The van der Waals surface area contributed by atoms with Crippen molar-refractivity contribution in [2.24, 2.45) is 0 Å². The molecule has 1 atom stereocenters. The number of rotatable bonds is 1. The maximum atomic E-state index is 6.07. The van der Waals surface area contributed by atoms with Crippen LogP contribution in [0.25, 0.3) is 0 Å². The highest BCUT2D eigenvalue weighted by Crippen LogP contribution is 2.29. The SMILES string of the molecule is Clc1ccccc1[C@@H]1[NH2+]CCS1. The lowest BCUT2D eigenvalue weighted by Crippen LogP contribution is -2.81. The van der Waals surface area contributed by atoms with Gasteiger partial charge in [-0.3, -0.25) is 0 Å². The van der Waals surface area contributed by atoms with Crippen molar-refractivity contribution in [3.63, 3.8) is 0 Å². The molecule has 1 heterocycles. The Balaban J connectivity index is 2.26. The van der Waals surface area contributed by atoms with E-state index in [0.717, 1.165) is 5.02 Å². The minimum atomic E-state index is 0.527. The van der Waals surface area contributed by atoms with Crippen molar-refractivity contribution in [3.8, 4) is 0 Å². The van der Waals surface area contributed by atoms with Crippen molar-refractivity contribution in [2.45, 2.75) is 5.37 Å². The maximum Gasteiger partial charge on any atom is 0.160 e. The summed E-state index contributed by atoms with van der Waals surface area (Å²) in [5.41, 5.74) is 1.27. The molecule has 12 heavy (non-hydrogen) atoms. The molecule has 1 aromatic rings. The maximum absolute atomic E-state index is 6.07. The molecular formula is C9H11ClNS+. The molecule has 2 N–H and O–H groups in total. The van der Waals surface area contributed by atoms with E-state index in [-0.39, 0.29) is 0 Å². The lowest BCUT2D eigenvalue weighted by atomic mass is 10.2. The molecule has 0 aromatic heterocycles. The van der Waals surface area contributed by atoms with E-state index in [1.807, 2.05) is 30.0 Å². The largest absolute Gasteiger partial charge is 0.331 e. The van der Waals surface area contributed by atoms with E-state index in [1.165, 1.54) is 17.9 Å². The number of thioether (sulfide) groups is 1. The summed E-state index contributed by atoms with van der Waals surface area (Å²) in [4.78, 5) is 0. The van der Waals surface area contributed by atoms with Crippen molar-refractivity contribution in [1.82, 2.24) is 0 Å². The van der Waals surface area contributed by atoms with Crippen LogP contribution in [0.4, 0.5) is 0 Å². The number of hydrogen-bond acceptors (Lipinski definition) is 1. The minimum absolute atomic E-state index is 0.527. The van der Waals surface area contributed by atoms with Crippen LogP contribution in [0, 0.1) is 0 Å². The van der Waals surface area contributed by atoms with Crippen LogP contribution in [-0.4, -0.2) is 12.3 Å². The molecule has 0 bridgehead atoms. The summed E-state index contributed by atoms with van der Waals surface area (Å²) in [6, 6.07) is 8.10. The van der Waals surface area contributed by atoms with Gasteiger partial charge in [0, 0.05) is 11.3 Å². The second-order valence-corrected chi connectivity index (χ2v) is 4.49. The second kappa shape index (κ2) is 3.69. The second-order valence-electron chi connectivity index (χ2n) is 2.84. The number of halogens is 1. The van der Waals surface area contributed by atoms with Crippen LogP contribution in [0.5, 0.6) is 0 Å². The van der Waals surface area contributed by atoms with E-state index < -0.39 is 0 Å². The van der Waals surface area contributed by atoms with Gasteiger partial charge in [-0.05, 0) is 6.07 Å². The number of benzene rings is 1. The lowest BCUT2D eigenvalue weighted by Gasteiger charge is -2.07. The molecule has 2 rings (SSSR count). The van der Waals surface area contributed by atoms with Crippen LogP contribution in [-0.2, 0) is 0 Å². The van der Waals surface area contributed by atoms with E-state index in [2.05, 4.69) is 11.4 Å². The Morgan fingerprint density at radius 3 is 2.92 bits per heavy atom. The van der Waals surface area contributed by atoms with Crippen LogP contribution in [0.3, 0.4) is 0 Å². The van der Waals surface area contributed by atoms with Crippen molar-refractivity contribution >= 4 is 23.4 Å². The molecule has 0 spiro atoms. The predicted molar refractivity (Wildman–Crippen MR) is 53.4 cm³/mol. The summed E-state index contributed by atoms with van der Waals surface area (Å²) < 4.78 is 0. The Morgan fingerprint density at radius 1 is 1.42 bits per heavy atom. The number of nitrogens with two attached hydrogens (primary N) is 1. The Hall–Kier alpha value is -0.180. The molecular weight excluding hydrogens is 190 g/mol. The number of hydrogen-bond donors (Lipinski definition) is 1. The van der Waals surface area contributed by atoms with Gasteiger partial charge in [-0.2, -0.15) is 0 Å². The van der Waals surface area contributed by atoms with E-state index >= 15 is 0 Å². The molecule has 0 unspecified atom stereocenters. The minimum Gasteiger partial charge on any atom is -0.331 e. The zero-order valence-electron chi connectivity index (χ0n) is 6.66. The molecule has 0 radical (unpaired) electrons. The van der Waals surface area contributed by atoms with Crippen molar-refractivity contribution in [3.05, 3.63) is 34.9 Å². The Bertz CT molecular complexity index is 271. The molecule has 1 aliphatic heterocycles.